The van der Waals surface area contributed by atoms with Crippen molar-refractivity contribution in [1.82, 2.24) is 15.1 Å². The number of carbonyl (C=O) groups is 1. The summed E-state index contributed by atoms with van der Waals surface area (Å²) in [5.41, 5.74) is 1.24. The fraction of sp³-hybridized carbons (Fsp3) is 0.550. The number of piperazine rings is 1. The van der Waals surface area contributed by atoms with Crippen molar-refractivity contribution in [2.45, 2.75) is 19.3 Å². The maximum absolute atomic E-state index is 12.7. The molecule has 0 bridgehead atoms. The lowest BCUT2D eigenvalue weighted by molar-refractivity contribution is -0.137. The summed E-state index contributed by atoms with van der Waals surface area (Å²) in [7, 11) is 0. The van der Waals surface area contributed by atoms with Crippen LogP contribution < -0.4 is 5.32 Å². The van der Waals surface area contributed by atoms with Crippen LogP contribution >= 0.6 is 24.8 Å². The molecule has 0 radical (unpaired) electrons. The first-order valence-corrected chi connectivity index (χ1v) is 9.26. The average Bonchev–Trinajstić information content (AvgIpc) is 2.92. The highest BCUT2D eigenvalue weighted by Gasteiger charge is 2.27. The van der Waals surface area contributed by atoms with Crippen LogP contribution in [0.15, 0.2) is 36.4 Å². The Balaban J connectivity index is 0.00000169. The normalized spacial score (nSPS) is 21.5. The molecule has 0 aliphatic carbocycles. The molecule has 2 saturated heterocycles. The minimum absolute atomic E-state index is 0. The van der Waals surface area contributed by atoms with Gasteiger partial charge in [0.15, 0.2) is 0 Å². The number of hydrogen-bond donors (Lipinski definition) is 1. The van der Waals surface area contributed by atoms with Gasteiger partial charge in [0.1, 0.15) is 0 Å². The molecular formula is C20H31Cl2N3O. The van der Waals surface area contributed by atoms with Gasteiger partial charge < -0.3 is 10.2 Å². The standard InChI is InChI=1S/C20H29N3O.2ClH/c24-20(19-9-4-11-21-12-10-19)23-16-14-22(15-17-23)13-5-8-18-6-2-1-3-7-18;;/h1-3,5-8,19,21H,4,9-17H2;2*1H. The average molecular weight is 400 g/mol. The Morgan fingerprint density at radius 2 is 1.77 bits per heavy atom. The Bertz CT molecular complexity index is 537. The lowest BCUT2D eigenvalue weighted by Gasteiger charge is -2.36. The van der Waals surface area contributed by atoms with Crippen molar-refractivity contribution in [3.05, 3.63) is 42.0 Å². The van der Waals surface area contributed by atoms with E-state index in [2.05, 4.69) is 51.5 Å². The topological polar surface area (TPSA) is 35.6 Å². The molecule has 146 valence electrons. The number of benzene rings is 1. The summed E-state index contributed by atoms with van der Waals surface area (Å²) in [6.45, 7) is 6.73. The van der Waals surface area contributed by atoms with Crippen LogP contribution in [0.25, 0.3) is 6.08 Å². The molecule has 1 atom stereocenters. The van der Waals surface area contributed by atoms with E-state index in [1.165, 1.54) is 5.56 Å². The molecule has 0 aromatic heterocycles. The summed E-state index contributed by atoms with van der Waals surface area (Å²) in [6, 6.07) is 10.4. The first kappa shape index (κ1) is 23.0. The van der Waals surface area contributed by atoms with E-state index in [9.17, 15) is 4.79 Å². The molecule has 3 rings (SSSR count). The van der Waals surface area contributed by atoms with Crippen molar-refractivity contribution in [3.8, 4) is 0 Å². The second kappa shape index (κ2) is 12.3. The van der Waals surface area contributed by atoms with E-state index < -0.39 is 0 Å². The second-order valence-corrected chi connectivity index (χ2v) is 6.82. The lowest BCUT2D eigenvalue weighted by Crippen LogP contribution is -2.50. The Kier molecular flexibility index (Phi) is 10.9. The van der Waals surface area contributed by atoms with Crippen molar-refractivity contribution in [2.24, 2.45) is 5.92 Å². The van der Waals surface area contributed by atoms with E-state index in [1.807, 2.05) is 6.07 Å². The SMILES string of the molecule is Cl.Cl.O=C(C1CCCNCC1)N1CCN(CC=Cc2ccccc2)CC1. The van der Waals surface area contributed by atoms with Gasteiger partial charge in [0.25, 0.3) is 0 Å². The molecule has 2 aliphatic heterocycles. The van der Waals surface area contributed by atoms with E-state index in [-0.39, 0.29) is 30.7 Å². The fourth-order valence-corrected chi connectivity index (χ4v) is 3.58. The minimum atomic E-state index is 0. The third-order valence-electron chi connectivity index (χ3n) is 5.08. The summed E-state index contributed by atoms with van der Waals surface area (Å²) in [4.78, 5) is 17.2. The zero-order chi connectivity index (χ0) is 16.6. The third kappa shape index (κ3) is 6.92. The number of halogens is 2. The van der Waals surface area contributed by atoms with Gasteiger partial charge in [-0.05, 0) is 37.9 Å². The molecule has 1 amide bonds. The molecule has 1 N–H and O–H groups in total. The molecule has 1 aromatic carbocycles. The van der Waals surface area contributed by atoms with Gasteiger partial charge in [-0.15, -0.1) is 24.8 Å². The van der Waals surface area contributed by atoms with Crippen molar-refractivity contribution >= 4 is 36.8 Å². The number of hydrogen-bond acceptors (Lipinski definition) is 3. The fourth-order valence-electron chi connectivity index (χ4n) is 3.58. The molecule has 6 heteroatoms. The van der Waals surface area contributed by atoms with Gasteiger partial charge in [-0.3, -0.25) is 9.69 Å². The summed E-state index contributed by atoms with van der Waals surface area (Å²) < 4.78 is 0. The first-order chi connectivity index (χ1) is 11.8. The van der Waals surface area contributed by atoms with Crippen LogP contribution in [0.3, 0.4) is 0 Å². The van der Waals surface area contributed by atoms with Gasteiger partial charge in [0, 0.05) is 38.6 Å². The van der Waals surface area contributed by atoms with Crippen LogP contribution in [0.5, 0.6) is 0 Å². The van der Waals surface area contributed by atoms with Crippen LogP contribution in [0.2, 0.25) is 0 Å². The quantitative estimate of drug-likeness (QED) is 0.844. The van der Waals surface area contributed by atoms with E-state index in [0.29, 0.717) is 5.91 Å². The Labute approximate surface area is 169 Å². The zero-order valence-electron chi connectivity index (χ0n) is 15.3. The molecular weight excluding hydrogens is 369 g/mol. The monoisotopic (exact) mass is 399 g/mol. The molecule has 0 spiro atoms. The summed E-state index contributed by atoms with van der Waals surface area (Å²) in [5, 5.41) is 3.39. The largest absolute Gasteiger partial charge is 0.340 e. The number of amides is 1. The maximum Gasteiger partial charge on any atom is 0.225 e. The predicted molar refractivity (Wildman–Crippen MR) is 113 cm³/mol. The van der Waals surface area contributed by atoms with E-state index in [4.69, 9.17) is 0 Å². The Morgan fingerprint density at radius 3 is 2.50 bits per heavy atom. The molecule has 2 heterocycles. The van der Waals surface area contributed by atoms with Crippen LogP contribution in [0.1, 0.15) is 24.8 Å². The van der Waals surface area contributed by atoms with E-state index in [1.54, 1.807) is 0 Å². The molecule has 26 heavy (non-hydrogen) atoms. The molecule has 0 saturated carbocycles. The van der Waals surface area contributed by atoms with E-state index >= 15 is 0 Å². The highest BCUT2D eigenvalue weighted by atomic mass is 35.5. The van der Waals surface area contributed by atoms with Gasteiger partial charge in [-0.25, -0.2) is 0 Å². The number of rotatable bonds is 4. The minimum Gasteiger partial charge on any atom is -0.340 e. The summed E-state index contributed by atoms with van der Waals surface area (Å²) >= 11 is 0. The van der Waals surface area contributed by atoms with Crippen LogP contribution in [-0.2, 0) is 4.79 Å². The third-order valence-corrected chi connectivity index (χ3v) is 5.08. The van der Waals surface area contributed by atoms with Gasteiger partial charge in [0.2, 0.25) is 5.91 Å². The second-order valence-electron chi connectivity index (χ2n) is 6.82. The highest BCUT2D eigenvalue weighted by Crippen LogP contribution is 2.18. The van der Waals surface area contributed by atoms with Gasteiger partial charge in [-0.1, -0.05) is 42.5 Å². The Morgan fingerprint density at radius 1 is 1.04 bits per heavy atom. The summed E-state index contributed by atoms with van der Waals surface area (Å²) in [5.74, 6) is 0.628. The number of nitrogens with zero attached hydrogens (tertiary/aromatic N) is 2. The van der Waals surface area contributed by atoms with Gasteiger partial charge >= 0.3 is 0 Å². The van der Waals surface area contributed by atoms with Crippen molar-refractivity contribution < 1.29 is 4.79 Å². The van der Waals surface area contributed by atoms with Crippen molar-refractivity contribution in [1.29, 1.82) is 0 Å². The number of carbonyl (C=O) groups excluding carboxylic acids is 1. The molecule has 1 unspecified atom stereocenters. The predicted octanol–water partition coefficient (Wildman–Crippen LogP) is 3.08. The van der Waals surface area contributed by atoms with Crippen LogP contribution in [0, 0.1) is 5.92 Å². The first-order valence-electron chi connectivity index (χ1n) is 9.26. The molecule has 2 fully saturated rings. The van der Waals surface area contributed by atoms with Crippen molar-refractivity contribution in [2.75, 3.05) is 45.8 Å². The van der Waals surface area contributed by atoms with Gasteiger partial charge in [0.05, 0.1) is 0 Å². The van der Waals surface area contributed by atoms with Gasteiger partial charge in [-0.2, -0.15) is 0 Å². The summed E-state index contributed by atoms with van der Waals surface area (Å²) in [6.07, 6.45) is 7.57. The number of nitrogens with one attached hydrogen (secondary N) is 1. The van der Waals surface area contributed by atoms with Crippen LogP contribution in [0.4, 0.5) is 0 Å². The van der Waals surface area contributed by atoms with Crippen molar-refractivity contribution in [3.63, 3.8) is 0 Å². The highest BCUT2D eigenvalue weighted by molar-refractivity contribution is 5.85. The molecule has 2 aliphatic rings. The smallest absolute Gasteiger partial charge is 0.225 e. The van der Waals surface area contributed by atoms with E-state index in [0.717, 1.165) is 65.1 Å². The molecule has 1 aromatic rings. The maximum atomic E-state index is 12.7. The zero-order valence-corrected chi connectivity index (χ0v) is 16.9. The lowest BCUT2D eigenvalue weighted by atomic mass is 9.98. The molecule has 4 nitrogen and oxygen atoms in total. The Hall–Kier alpha value is -1.07. The van der Waals surface area contributed by atoms with Crippen LogP contribution in [-0.4, -0.2) is 61.5 Å².